The minimum Gasteiger partial charge on any atom is -0.452 e. The van der Waals surface area contributed by atoms with E-state index in [-0.39, 0.29) is 5.28 Å². The molecule has 220 valence electrons. The number of rotatable bonds is 3. The molecule has 0 N–H and O–H groups in total. The van der Waals surface area contributed by atoms with Gasteiger partial charge in [-0.2, -0.15) is 0 Å². The fourth-order valence-electron chi connectivity index (χ4n) is 6.59. The zero-order chi connectivity index (χ0) is 31.1. The summed E-state index contributed by atoms with van der Waals surface area (Å²) in [6.07, 6.45) is 0. The third kappa shape index (κ3) is 4.23. The average molecular weight is 641 g/mol. The SMILES string of the molecule is Clc1nc(-c2ccc3cc(-c4nc(-c5ccc6c(c5)sc5ccccc56)nc5ccccc45)ccc3c2)c2oc3ccccc3c2n1. The molecule has 6 aromatic carbocycles. The van der Waals surface area contributed by atoms with Crippen LogP contribution in [0.5, 0.6) is 0 Å². The number of hydrogen-bond donors (Lipinski definition) is 0. The van der Waals surface area contributed by atoms with Gasteiger partial charge in [0.25, 0.3) is 0 Å². The fourth-order valence-corrected chi connectivity index (χ4v) is 7.90. The molecule has 0 aliphatic heterocycles. The first-order chi connectivity index (χ1) is 23.2. The Morgan fingerprint density at radius 2 is 1.19 bits per heavy atom. The third-order valence-electron chi connectivity index (χ3n) is 8.82. The summed E-state index contributed by atoms with van der Waals surface area (Å²) in [7, 11) is 0. The Kier molecular flexibility index (Phi) is 5.73. The van der Waals surface area contributed by atoms with Crippen LogP contribution in [0.2, 0.25) is 5.28 Å². The summed E-state index contributed by atoms with van der Waals surface area (Å²) in [5, 5.41) is 6.81. The summed E-state index contributed by atoms with van der Waals surface area (Å²) < 4.78 is 8.72. The van der Waals surface area contributed by atoms with E-state index < -0.39 is 0 Å². The zero-order valence-electron chi connectivity index (χ0n) is 24.6. The van der Waals surface area contributed by atoms with Crippen molar-refractivity contribution in [2.24, 2.45) is 0 Å². The first kappa shape index (κ1) is 26.5. The van der Waals surface area contributed by atoms with E-state index in [4.69, 9.17) is 26.0 Å². The highest BCUT2D eigenvalue weighted by molar-refractivity contribution is 7.25. The molecule has 0 unspecified atom stereocenters. The quantitative estimate of drug-likeness (QED) is 0.180. The standard InChI is InChI=1S/C40H21ClN4OS/c41-40-44-36(38-37(45-40)30-9-2-5-11-32(30)46-38)25-16-14-22-19-24(15-13-23(22)20-25)35-29-8-1-4-10-31(29)42-39(43-35)26-17-18-28-27-7-3-6-12-33(27)47-34(28)21-26/h1-21H. The topological polar surface area (TPSA) is 64.7 Å². The lowest BCUT2D eigenvalue weighted by Crippen LogP contribution is -1.95. The molecular weight excluding hydrogens is 620 g/mol. The Morgan fingerprint density at radius 3 is 2.04 bits per heavy atom. The second-order valence-corrected chi connectivity index (χ2v) is 13.0. The van der Waals surface area contributed by atoms with Crippen LogP contribution < -0.4 is 0 Å². The number of nitrogens with zero attached hydrogens (tertiary/aromatic N) is 4. The molecule has 0 aliphatic rings. The van der Waals surface area contributed by atoms with Crippen LogP contribution in [0.3, 0.4) is 0 Å². The van der Waals surface area contributed by atoms with Crippen LogP contribution in [0.1, 0.15) is 0 Å². The number of hydrogen-bond acceptors (Lipinski definition) is 6. The van der Waals surface area contributed by atoms with Crippen molar-refractivity contribution in [1.82, 2.24) is 19.9 Å². The molecule has 0 atom stereocenters. The second-order valence-electron chi connectivity index (χ2n) is 11.6. The number of aromatic nitrogens is 4. The summed E-state index contributed by atoms with van der Waals surface area (Å²) in [6, 6.07) is 43.9. The van der Waals surface area contributed by atoms with Gasteiger partial charge < -0.3 is 4.42 Å². The molecule has 0 fully saturated rings. The minimum absolute atomic E-state index is 0.187. The molecule has 0 saturated carbocycles. The van der Waals surface area contributed by atoms with Crippen molar-refractivity contribution in [3.05, 3.63) is 133 Å². The summed E-state index contributed by atoms with van der Waals surface area (Å²) >= 11 is 8.22. The number of benzene rings is 6. The van der Waals surface area contributed by atoms with E-state index in [1.807, 2.05) is 36.4 Å². The Bertz CT molecular complexity index is 2890. The van der Waals surface area contributed by atoms with Gasteiger partial charge in [-0.15, -0.1) is 11.3 Å². The molecule has 0 saturated heterocycles. The van der Waals surface area contributed by atoms with E-state index >= 15 is 0 Å². The first-order valence-corrected chi connectivity index (χ1v) is 16.4. The van der Waals surface area contributed by atoms with E-state index in [9.17, 15) is 0 Å². The van der Waals surface area contributed by atoms with Gasteiger partial charge in [-0.05, 0) is 64.8 Å². The molecule has 10 rings (SSSR count). The van der Waals surface area contributed by atoms with Crippen molar-refractivity contribution in [1.29, 1.82) is 0 Å². The monoisotopic (exact) mass is 640 g/mol. The normalized spacial score (nSPS) is 11.9. The minimum atomic E-state index is 0.187. The smallest absolute Gasteiger partial charge is 0.223 e. The summed E-state index contributed by atoms with van der Waals surface area (Å²) in [6.45, 7) is 0. The van der Waals surface area contributed by atoms with Gasteiger partial charge in [-0.3, -0.25) is 0 Å². The molecule has 0 radical (unpaired) electrons. The summed E-state index contributed by atoms with van der Waals surface area (Å²) in [4.78, 5) is 19.3. The number of halogens is 1. The molecule has 0 aliphatic carbocycles. The Morgan fingerprint density at radius 1 is 0.511 bits per heavy atom. The largest absolute Gasteiger partial charge is 0.452 e. The van der Waals surface area contributed by atoms with Gasteiger partial charge in [0.2, 0.25) is 5.28 Å². The van der Waals surface area contributed by atoms with E-state index in [2.05, 4.69) is 101 Å². The van der Waals surface area contributed by atoms with Crippen LogP contribution in [0.15, 0.2) is 132 Å². The van der Waals surface area contributed by atoms with E-state index in [0.29, 0.717) is 22.6 Å². The Hall–Kier alpha value is -5.69. The van der Waals surface area contributed by atoms with E-state index in [0.717, 1.165) is 55.0 Å². The molecule has 4 heterocycles. The van der Waals surface area contributed by atoms with Crippen LogP contribution in [0, 0.1) is 0 Å². The fraction of sp³-hybridized carbons (Fsp3) is 0. The molecule has 0 spiro atoms. The van der Waals surface area contributed by atoms with Crippen LogP contribution >= 0.6 is 22.9 Å². The predicted octanol–water partition coefficient (Wildman–Crippen LogP) is 11.5. The van der Waals surface area contributed by atoms with Gasteiger partial charge in [-0.1, -0.05) is 84.9 Å². The molecule has 0 bridgehead atoms. The van der Waals surface area contributed by atoms with Gasteiger partial charge in [-0.25, -0.2) is 19.9 Å². The van der Waals surface area contributed by atoms with Crippen LogP contribution in [0.25, 0.3) is 97.8 Å². The summed E-state index contributed by atoms with van der Waals surface area (Å²) in [5.74, 6) is 0.712. The third-order valence-corrected chi connectivity index (χ3v) is 10.1. The number of para-hydroxylation sites is 2. The van der Waals surface area contributed by atoms with Gasteiger partial charge in [0.15, 0.2) is 11.4 Å². The lowest BCUT2D eigenvalue weighted by molar-refractivity contribution is 0.667. The van der Waals surface area contributed by atoms with Crippen molar-refractivity contribution < 1.29 is 4.42 Å². The summed E-state index contributed by atoms with van der Waals surface area (Å²) in [5.41, 5.74) is 7.51. The van der Waals surface area contributed by atoms with Gasteiger partial charge >= 0.3 is 0 Å². The Labute approximate surface area is 276 Å². The first-order valence-electron chi connectivity index (χ1n) is 15.2. The maximum atomic E-state index is 6.41. The highest BCUT2D eigenvalue weighted by Crippen LogP contribution is 2.39. The molecule has 10 aromatic rings. The predicted molar refractivity (Wildman–Crippen MR) is 194 cm³/mol. The second kappa shape index (κ2) is 10.2. The van der Waals surface area contributed by atoms with Crippen molar-refractivity contribution >= 4 is 86.9 Å². The molecule has 4 aromatic heterocycles. The lowest BCUT2D eigenvalue weighted by atomic mass is 9.99. The maximum Gasteiger partial charge on any atom is 0.223 e. The van der Waals surface area contributed by atoms with Crippen molar-refractivity contribution in [3.8, 4) is 33.9 Å². The zero-order valence-corrected chi connectivity index (χ0v) is 26.2. The molecule has 7 heteroatoms. The number of furan rings is 1. The van der Waals surface area contributed by atoms with Crippen molar-refractivity contribution in [2.75, 3.05) is 0 Å². The lowest BCUT2D eigenvalue weighted by Gasteiger charge is -2.11. The van der Waals surface area contributed by atoms with Crippen molar-refractivity contribution in [2.45, 2.75) is 0 Å². The van der Waals surface area contributed by atoms with E-state index in [1.165, 1.54) is 20.2 Å². The maximum absolute atomic E-state index is 6.41. The highest BCUT2D eigenvalue weighted by Gasteiger charge is 2.18. The highest BCUT2D eigenvalue weighted by atomic mass is 35.5. The molecular formula is C40H21ClN4OS. The molecule has 5 nitrogen and oxygen atoms in total. The number of thiophene rings is 1. The Balaban J connectivity index is 1.10. The van der Waals surface area contributed by atoms with E-state index in [1.54, 1.807) is 11.3 Å². The van der Waals surface area contributed by atoms with Gasteiger partial charge in [0, 0.05) is 47.6 Å². The van der Waals surface area contributed by atoms with Crippen LogP contribution in [-0.2, 0) is 0 Å². The number of fused-ring (bicyclic) bond motifs is 8. The van der Waals surface area contributed by atoms with Crippen molar-refractivity contribution in [3.63, 3.8) is 0 Å². The van der Waals surface area contributed by atoms with Gasteiger partial charge in [0.1, 0.15) is 16.8 Å². The molecule has 47 heavy (non-hydrogen) atoms. The average Bonchev–Trinajstić information content (AvgIpc) is 3.68. The van der Waals surface area contributed by atoms with Crippen LogP contribution in [0.4, 0.5) is 0 Å². The van der Waals surface area contributed by atoms with Crippen LogP contribution in [-0.4, -0.2) is 19.9 Å². The molecule has 0 amide bonds. The van der Waals surface area contributed by atoms with Gasteiger partial charge in [0.05, 0.1) is 11.2 Å².